The van der Waals surface area contributed by atoms with Gasteiger partial charge in [-0.15, -0.1) is 0 Å². The number of urea groups is 1. The maximum absolute atomic E-state index is 14.7. The van der Waals surface area contributed by atoms with Gasteiger partial charge in [-0.05, 0) is 54.4 Å². The third kappa shape index (κ3) is 5.19. The van der Waals surface area contributed by atoms with Crippen LogP contribution in [0.4, 0.5) is 39.7 Å². The molecule has 4 rings (SSSR count). The van der Waals surface area contributed by atoms with E-state index >= 15 is 0 Å². The number of alkyl halides is 3. The van der Waals surface area contributed by atoms with Gasteiger partial charge in [0.15, 0.2) is 0 Å². The van der Waals surface area contributed by atoms with E-state index in [-0.39, 0.29) is 16.9 Å². The minimum Gasteiger partial charge on any atom is -0.357 e. The van der Waals surface area contributed by atoms with E-state index in [4.69, 9.17) is 11.6 Å². The fourth-order valence-electron chi connectivity index (χ4n) is 3.72. The molecule has 0 spiro atoms. The molecule has 4 aromatic rings. The number of hydrogen-bond acceptors (Lipinski definition) is 5. The average molecular weight is 535 g/mol. The summed E-state index contributed by atoms with van der Waals surface area (Å²) < 4.78 is 55.4. The van der Waals surface area contributed by atoms with Gasteiger partial charge in [0.25, 0.3) is 5.56 Å². The molecular formula is C24H19ClF4N6O2. The third-order valence-corrected chi connectivity index (χ3v) is 5.88. The molecule has 0 aliphatic heterocycles. The highest BCUT2D eigenvalue weighted by Gasteiger charge is 2.33. The zero-order valence-corrected chi connectivity index (χ0v) is 20.3. The summed E-state index contributed by atoms with van der Waals surface area (Å²) in [6.07, 6.45) is -3.20. The van der Waals surface area contributed by atoms with Crippen molar-refractivity contribution < 1.29 is 22.4 Å². The van der Waals surface area contributed by atoms with E-state index in [1.807, 2.05) is 0 Å². The van der Waals surface area contributed by atoms with Crippen molar-refractivity contribution in [2.75, 3.05) is 23.0 Å². The van der Waals surface area contributed by atoms with E-state index in [0.717, 1.165) is 12.1 Å². The molecule has 13 heteroatoms. The molecule has 0 unspecified atom stereocenters. The number of anilines is 3. The number of aromatic nitrogens is 3. The smallest absolute Gasteiger partial charge is 0.357 e. The summed E-state index contributed by atoms with van der Waals surface area (Å²) in [4.78, 5) is 34.0. The highest BCUT2D eigenvalue weighted by molar-refractivity contribution is 6.31. The molecule has 8 nitrogen and oxygen atoms in total. The molecule has 0 aliphatic carbocycles. The van der Waals surface area contributed by atoms with Crippen LogP contribution in [0.2, 0.25) is 5.02 Å². The van der Waals surface area contributed by atoms with Gasteiger partial charge >= 0.3 is 12.2 Å². The Morgan fingerprint density at radius 2 is 1.81 bits per heavy atom. The van der Waals surface area contributed by atoms with Crippen molar-refractivity contribution in [3.05, 3.63) is 74.9 Å². The zero-order chi connectivity index (χ0) is 27.1. The second-order valence-electron chi connectivity index (χ2n) is 8.06. The van der Waals surface area contributed by atoms with E-state index in [1.54, 1.807) is 20.0 Å². The summed E-state index contributed by atoms with van der Waals surface area (Å²) in [5.74, 6) is -0.475. The Kier molecular flexibility index (Phi) is 6.78. The number of benzene rings is 2. The summed E-state index contributed by atoms with van der Waals surface area (Å²) in [5, 5.41) is 7.31. The molecule has 0 radical (unpaired) electrons. The minimum absolute atomic E-state index is 0.202. The number of amides is 2. The predicted molar refractivity (Wildman–Crippen MR) is 134 cm³/mol. The van der Waals surface area contributed by atoms with Crippen LogP contribution in [0.5, 0.6) is 0 Å². The molecule has 2 heterocycles. The van der Waals surface area contributed by atoms with E-state index < -0.39 is 34.2 Å². The van der Waals surface area contributed by atoms with Gasteiger partial charge in [0, 0.05) is 36.9 Å². The van der Waals surface area contributed by atoms with Gasteiger partial charge in [0.2, 0.25) is 5.95 Å². The summed E-state index contributed by atoms with van der Waals surface area (Å²) in [7, 11) is 3.18. The number of fused-ring (bicyclic) bond motifs is 1. The molecule has 0 atom stereocenters. The van der Waals surface area contributed by atoms with Crippen LogP contribution in [-0.2, 0) is 13.2 Å². The Bertz CT molecular complexity index is 1600. The van der Waals surface area contributed by atoms with Gasteiger partial charge in [0.05, 0.1) is 16.3 Å². The fraction of sp³-hybridized carbons (Fsp3) is 0.167. The van der Waals surface area contributed by atoms with E-state index in [0.29, 0.717) is 34.2 Å². The average Bonchev–Trinajstić information content (AvgIpc) is 2.83. The molecule has 2 amide bonds. The van der Waals surface area contributed by atoms with Crippen LogP contribution < -0.4 is 21.5 Å². The number of nitrogens with zero attached hydrogens (tertiary/aromatic N) is 3. The molecule has 3 N–H and O–H groups in total. The van der Waals surface area contributed by atoms with Gasteiger partial charge in [-0.2, -0.15) is 18.2 Å². The van der Waals surface area contributed by atoms with Gasteiger partial charge in [0.1, 0.15) is 11.5 Å². The Labute approximate surface area is 212 Å². The number of carbonyl (C=O) groups is 1. The van der Waals surface area contributed by atoms with Crippen LogP contribution in [0.25, 0.3) is 22.2 Å². The van der Waals surface area contributed by atoms with Crippen LogP contribution in [0.3, 0.4) is 0 Å². The normalized spacial score (nSPS) is 11.5. The molecule has 37 heavy (non-hydrogen) atoms. The van der Waals surface area contributed by atoms with Crippen LogP contribution in [0.15, 0.2) is 47.4 Å². The maximum atomic E-state index is 14.7. The number of halogens is 5. The van der Waals surface area contributed by atoms with Gasteiger partial charge in [-0.3, -0.25) is 9.36 Å². The largest absolute Gasteiger partial charge is 0.417 e. The van der Waals surface area contributed by atoms with Gasteiger partial charge in [-0.25, -0.2) is 14.2 Å². The number of nitrogens with one attached hydrogen (secondary N) is 3. The monoisotopic (exact) mass is 534 g/mol. The second-order valence-corrected chi connectivity index (χ2v) is 8.47. The zero-order valence-electron chi connectivity index (χ0n) is 19.6. The highest BCUT2D eigenvalue weighted by atomic mass is 35.5. The fourth-order valence-corrected chi connectivity index (χ4v) is 3.95. The lowest BCUT2D eigenvalue weighted by atomic mass is 9.99. The quantitative estimate of drug-likeness (QED) is 0.287. The van der Waals surface area contributed by atoms with Crippen molar-refractivity contribution in [2.45, 2.75) is 13.1 Å². The van der Waals surface area contributed by atoms with Crippen LogP contribution in [0, 0.1) is 12.7 Å². The van der Waals surface area contributed by atoms with Crippen molar-refractivity contribution in [3.63, 3.8) is 0 Å². The summed E-state index contributed by atoms with van der Waals surface area (Å²) in [6.45, 7) is 1.60. The molecule has 0 saturated carbocycles. The lowest BCUT2D eigenvalue weighted by Gasteiger charge is -2.15. The Hall–Kier alpha value is -4.19. The minimum atomic E-state index is -4.73. The molecular weight excluding hydrogens is 516 g/mol. The molecule has 0 aliphatic rings. The van der Waals surface area contributed by atoms with Crippen molar-refractivity contribution in [3.8, 4) is 11.1 Å². The molecule has 0 saturated heterocycles. The Morgan fingerprint density at radius 3 is 2.49 bits per heavy atom. The lowest BCUT2D eigenvalue weighted by molar-refractivity contribution is -0.137. The molecule has 2 aromatic heterocycles. The molecule has 0 fully saturated rings. The predicted octanol–water partition coefficient (Wildman–Crippen LogP) is 5.80. The van der Waals surface area contributed by atoms with Crippen LogP contribution in [-0.4, -0.2) is 27.6 Å². The summed E-state index contributed by atoms with van der Waals surface area (Å²) in [5.41, 5.74) is -0.690. The number of carbonyl (C=O) groups excluding carboxylic acids is 1. The van der Waals surface area contributed by atoms with Crippen LogP contribution in [0.1, 0.15) is 11.1 Å². The number of aryl methyl sites for hydroxylation is 2. The van der Waals surface area contributed by atoms with Crippen molar-refractivity contribution in [1.82, 2.24) is 14.5 Å². The number of rotatable bonds is 4. The molecule has 0 bridgehead atoms. The lowest BCUT2D eigenvalue weighted by Crippen LogP contribution is -2.22. The standard InChI is InChI=1S/C24H19ClF4N6O2/c1-11-6-18(26)19(33-23(37)32-13-4-5-17(25)16(8-13)24(27,28)29)9-14(11)15-7-12-10-31-22(30-2)34-20(12)35(3)21(15)36/h4-10H,1-3H3,(H,30,31,34)(H2,32,33,37). The first-order valence-corrected chi connectivity index (χ1v) is 11.1. The number of hydrogen-bond donors (Lipinski definition) is 3. The maximum Gasteiger partial charge on any atom is 0.417 e. The molecule has 2 aromatic carbocycles. The van der Waals surface area contributed by atoms with Crippen molar-refractivity contribution >= 4 is 46.0 Å². The van der Waals surface area contributed by atoms with Crippen molar-refractivity contribution in [1.29, 1.82) is 0 Å². The first-order chi connectivity index (χ1) is 17.4. The highest BCUT2D eigenvalue weighted by Crippen LogP contribution is 2.36. The van der Waals surface area contributed by atoms with E-state index in [2.05, 4.69) is 25.9 Å². The topological polar surface area (TPSA) is 101 Å². The van der Waals surface area contributed by atoms with Crippen LogP contribution >= 0.6 is 11.6 Å². The molecule has 192 valence electrons. The SMILES string of the molecule is CNc1ncc2cc(-c3cc(NC(=O)Nc4ccc(Cl)c(C(F)(F)F)c4)c(F)cc3C)c(=O)n(C)c2n1. The van der Waals surface area contributed by atoms with E-state index in [9.17, 15) is 27.2 Å². The van der Waals surface area contributed by atoms with E-state index in [1.165, 1.54) is 29.9 Å². The van der Waals surface area contributed by atoms with Gasteiger partial charge in [-0.1, -0.05) is 11.6 Å². The summed E-state index contributed by atoms with van der Waals surface area (Å²) in [6, 6.07) is 5.81. The van der Waals surface area contributed by atoms with Gasteiger partial charge < -0.3 is 16.0 Å². The Morgan fingerprint density at radius 1 is 1.08 bits per heavy atom. The van der Waals surface area contributed by atoms with Crippen molar-refractivity contribution in [2.24, 2.45) is 7.05 Å². The first-order valence-electron chi connectivity index (χ1n) is 10.7. The Balaban J connectivity index is 1.68. The first kappa shape index (κ1) is 25.9. The number of pyridine rings is 1. The second kappa shape index (κ2) is 9.69. The third-order valence-electron chi connectivity index (χ3n) is 5.55. The summed E-state index contributed by atoms with van der Waals surface area (Å²) >= 11 is 5.60.